The second-order valence-corrected chi connectivity index (χ2v) is 13.4. The molecule has 0 spiro atoms. The number of aryl methyl sites for hydroxylation is 1. The van der Waals surface area contributed by atoms with E-state index in [0.29, 0.717) is 40.6 Å². The van der Waals surface area contributed by atoms with Gasteiger partial charge in [-0.3, -0.25) is 9.69 Å². The van der Waals surface area contributed by atoms with Gasteiger partial charge >= 0.3 is 0 Å². The molecule has 2 atom stereocenters. The molecule has 2 N–H and O–H groups in total. The van der Waals surface area contributed by atoms with Crippen molar-refractivity contribution in [3.05, 3.63) is 76.9 Å². The number of rotatable bonds is 8. The molecule has 3 aliphatic heterocycles. The van der Waals surface area contributed by atoms with Crippen LogP contribution in [0.5, 0.6) is 0 Å². The second-order valence-electron chi connectivity index (χ2n) is 13.4. The number of likely N-dealkylation sites (tertiary alicyclic amines) is 2. The Morgan fingerprint density at radius 2 is 1.89 bits per heavy atom. The summed E-state index contributed by atoms with van der Waals surface area (Å²) in [6, 6.07) is 13.8. The summed E-state index contributed by atoms with van der Waals surface area (Å²) in [4.78, 5) is 35.2. The van der Waals surface area contributed by atoms with E-state index < -0.39 is 5.60 Å². The zero-order valence-corrected chi connectivity index (χ0v) is 26.6. The fraction of sp³-hybridized carbons (Fsp3) is 0.471. The van der Waals surface area contributed by atoms with Crippen LogP contribution in [0.25, 0.3) is 16.9 Å². The highest BCUT2D eigenvalue weighted by Crippen LogP contribution is 2.39. The maximum absolute atomic E-state index is 13.4. The predicted octanol–water partition coefficient (Wildman–Crippen LogP) is 3.80. The van der Waals surface area contributed by atoms with Crippen LogP contribution in [0.4, 0.5) is 17.3 Å². The van der Waals surface area contributed by atoms with Gasteiger partial charge in [0.05, 0.1) is 12.2 Å². The van der Waals surface area contributed by atoms with Crippen LogP contribution in [0, 0.1) is 6.92 Å². The number of benzene rings is 1. The Bertz CT molecular complexity index is 1800. The van der Waals surface area contributed by atoms with E-state index in [2.05, 4.69) is 68.7 Å². The SMILES string of the molecule is C=CCn1c(=O)c2cnc(Nc3ccc(N4CC5CC4CN5C4CCN(C)CC4)c(C)c3)nc2n1-c1cccc(C(C)(C)O)n1. The van der Waals surface area contributed by atoms with Crippen LogP contribution in [-0.4, -0.2) is 90.6 Å². The lowest BCUT2D eigenvalue weighted by Crippen LogP contribution is -2.53. The summed E-state index contributed by atoms with van der Waals surface area (Å²) in [6.45, 7) is 14.3. The van der Waals surface area contributed by atoms with Gasteiger partial charge in [-0.25, -0.2) is 19.3 Å². The largest absolute Gasteiger partial charge is 0.384 e. The average molecular weight is 610 g/mol. The van der Waals surface area contributed by atoms with Crippen LogP contribution in [-0.2, 0) is 12.1 Å². The van der Waals surface area contributed by atoms with Crippen molar-refractivity contribution < 1.29 is 5.11 Å². The maximum Gasteiger partial charge on any atom is 0.278 e. The number of nitrogens with zero attached hydrogens (tertiary/aromatic N) is 8. The third-order valence-corrected chi connectivity index (χ3v) is 9.76. The van der Waals surface area contributed by atoms with Crippen molar-refractivity contribution in [2.24, 2.45) is 0 Å². The van der Waals surface area contributed by atoms with Gasteiger partial charge in [0.15, 0.2) is 11.5 Å². The molecule has 6 heterocycles. The molecule has 0 aliphatic carbocycles. The predicted molar refractivity (Wildman–Crippen MR) is 178 cm³/mol. The summed E-state index contributed by atoms with van der Waals surface area (Å²) in [5, 5.41) is 14.3. The number of hydrogen-bond acceptors (Lipinski definition) is 9. The minimum atomic E-state index is -1.14. The average Bonchev–Trinajstić information content (AvgIpc) is 3.69. The van der Waals surface area contributed by atoms with Gasteiger partial charge in [0, 0.05) is 48.8 Å². The molecule has 1 aromatic carbocycles. The molecule has 45 heavy (non-hydrogen) atoms. The molecule has 11 heteroatoms. The third kappa shape index (κ3) is 5.43. The first-order valence-electron chi connectivity index (χ1n) is 16.0. The van der Waals surface area contributed by atoms with Crippen LogP contribution >= 0.6 is 0 Å². The van der Waals surface area contributed by atoms with Crippen LogP contribution in [0.1, 0.15) is 44.4 Å². The smallest absolute Gasteiger partial charge is 0.278 e. The van der Waals surface area contributed by atoms with Crippen molar-refractivity contribution in [3.63, 3.8) is 0 Å². The van der Waals surface area contributed by atoms with E-state index in [1.54, 1.807) is 42.9 Å². The first kappa shape index (κ1) is 29.6. The number of aliphatic hydroxyl groups is 1. The van der Waals surface area contributed by atoms with E-state index in [-0.39, 0.29) is 12.1 Å². The Labute approximate surface area is 263 Å². The topological polar surface area (TPSA) is 108 Å². The van der Waals surface area contributed by atoms with Crippen molar-refractivity contribution in [3.8, 4) is 5.82 Å². The monoisotopic (exact) mass is 609 g/mol. The number of anilines is 3. The molecule has 4 aromatic rings. The molecule has 3 saturated heterocycles. The minimum Gasteiger partial charge on any atom is -0.384 e. The summed E-state index contributed by atoms with van der Waals surface area (Å²) < 4.78 is 3.20. The molecule has 0 amide bonds. The zero-order valence-electron chi connectivity index (χ0n) is 26.6. The van der Waals surface area contributed by atoms with E-state index in [9.17, 15) is 9.90 Å². The van der Waals surface area contributed by atoms with Crippen molar-refractivity contribution >= 4 is 28.4 Å². The van der Waals surface area contributed by atoms with Crippen LogP contribution in [0.3, 0.4) is 0 Å². The number of fused-ring (bicyclic) bond motifs is 3. The highest BCUT2D eigenvalue weighted by molar-refractivity contribution is 5.77. The van der Waals surface area contributed by atoms with Gasteiger partial charge in [0.1, 0.15) is 11.0 Å². The van der Waals surface area contributed by atoms with Crippen molar-refractivity contribution in [1.29, 1.82) is 0 Å². The van der Waals surface area contributed by atoms with E-state index in [0.717, 1.165) is 24.8 Å². The summed E-state index contributed by atoms with van der Waals surface area (Å²) in [5.74, 6) is 0.856. The van der Waals surface area contributed by atoms with Crippen LogP contribution < -0.4 is 15.8 Å². The van der Waals surface area contributed by atoms with Gasteiger partial charge in [-0.2, -0.15) is 4.98 Å². The van der Waals surface area contributed by atoms with Gasteiger partial charge in [-0.15, -0.1) is 6.58 Å². The molecule has 0 radical (unpaired) electrons. The number of allylic oxidation sites excluding steroid dienone is 1. The Morgan fingerprint density at radius 3 is 2.58 bits per heavy atom. The van der Waals surface area contributed by atoms with Gasteiger partial charge in [0.25, 0.3) is 5.56 Å². The Balaban J connectivity index is 1.13. The molecule has 0 saturated carbocycles. The summed E-state index contributed by atoms with van der Waals surface area (Å²) in [7, 11) is 2.23. The molecule has 11 nitrogen and oxygen atoms in total. The number of hydrogen-bond donors (Lipinski definition) is 2. The lowest BCUT2D eigenvalue weighted by molar-refractivity contribution is 0.0738. The highest BCUT2D eigenvalue weighted by Gasteiger charge is 2.46. The van der Waals surface area contributed by atoms with Crippen LogP contribution in [0.2, 0.25) is 0 Å². The van der Waals surface area contributed by atoms with E-state index in [1.165, 1.54) is 48.3 Å². The third-order valence-electron chi connectivity index (χ3n) is 9.76. The number of aromatic nitrogens is 5. The lowest BCUT2D eigenvalue weighted by atomic mass is 10.0. The van der Waals surface area contributed by atoms with Crippen molar-refractivity contribution in [1.82, 2.24) is 34.1 Å². The normalized spacial score (nSPS) is 21.2. The number of piperidine rings is 1. The standard InChI is InChI=1S/C34H43N9O2/c1-6-14-42-32(44)27-19-35-33(38-31(27)43(42)30-9-7-8-29(37-30)34(3,4)45)36-23-10-11-28(22(2)17-23)41-21-25-18-26(41)20-40(25)24-12-15-39(5)16-13-24/h6-11,17,19,24-26,45H,1,12-16,18,20-21H2,2-5H3,(H,35,36,38). The second kappa shape index (κ2) is 11.4. The molecule has 2 bridgehead atoms. The van der Waals surface area contributed by atoms with E-state index in [1.807, 2.05) is 6.07 Å². The lowest BCUT2D eigenvalue weighted by Gasteiger charge is -2.42. The van der Waals surface area contributed by atoms with Crippen molar-refractivity contribution in [2.45, 2.75) is 70.3 Å². The quantitative estimate of drug-likeness (QED) is 0.289. The molecule has 3 aliphatic rings. The summed E-state index contributed by atoms with van der Waals surface area (Å²) in [6.07, 6.45) is 7.03. The van der Waals surface area contributed by atoms with Crippen molar-refractivity contribution in [2.75, 3.05) is 43.4 Å². The Hall–Kier alpha value is -4.06. The molecule has 236 valence electrons. The van der Waals surface area contributed by atoms with Gasteiger partial charge < -0.3 is 20.2 Å². The van der Waals surface area contributed by atoms with Gasteiger partial charge in [0.2, 0.25) is 5.95 Å². The number of pyridine rings is 1. The minimum absolute atomic E-state index is 0.235. The molecule has 7 rings (SSSR count). The molecule has 3 aromatic heterocycles. The summed E-state index contributed by atoms with van der Waals surface area (Å²) >= 11 is 0. The Kier molecular flexibility index (Phi) is 7.50. The zero-order chi connectivity index (χ0) is 31.5. The Morgan fingerprint density at radius 1 is 1.09 bits per heavy atom. The van der Waals surface area contributed by atoms with E-state index >= 15 is 0 Å². The van der Waals surface area contributed by atoms with Crippen LogP contribution in [0.15, 0.2) is 60.0 Å². The maximum atomic E-state index is 13.4. The molecule has 3 fully saturated rings. The van der Waals surface area contributed by atoms with E-state index in [4.69, 9.17) is 4.98 Å². The van der Waals surface area contributed by atoms with Gasteiger partial charge in [-0.05, 0) is 96.1 Å². The first-order valence-corrected chi connectivity index (χ1v) is 16.0. The fourth-order valence-corrected chi connectivity index (χ4v) is 7.44. The molecular formula is C34H43N9O2. The first-order chi connectivity index (χ1) is 21.6. The molecule has 2 unspecified atom stereocenters. The molecular weight excluding hydrogens is 566 g/mol. The number of piperazine rings is 1. The van der Waals surface area contributed by atoms with Gasteiger partial charge in [-0.1, -0.05) is 12.1 Å². The number of nitrogens with one attached hydrogen (secondary N) is 1. The summed E-state index contributed by atoms with van der Waals surface area (Å²) in [5.41, 5.74) is 2.92. The fourth-order valence-electron chi connectivity index (χ4n) is 7.44. The highest BCUT2D eigenvalue weighted by atomic mass is 16.3.